The van der Waals surface area contributed by atoms with E-state index in [1.54, 1.807) is 12.1 Å². The van der Waals surface area contributed by atoms with Crippen LogP contribution in [0.5, 0.6) is 0 Å². The van der Waals surface area contributed by atoms with Gasteiger partial charge >= 0.3 is 0 Å². The zero-order valence-corrected chi connectivity index (χ0v) is 13.4. The molecule has 116 valence electrons. The molecule has 2 heterocycles. The largest absolute Gasteiger partial charge is 0.374 e. The molecule has 1 N–H and O–H groups in total. The van der Waals surface area contributed by atoms with Crippen molar-refractivity contribution >= 4 is 11.8 Å². The van der Waals surface area contributed by atoms with Gasteiger partial charge in [-0.25, -0.2) is 4.39 Å². The minimum absolute atomic E-state index is 0.0481. The first-order valence-electron chi connectivity index (χ1n) is 7.93. The lowest BCUT2D eigenvalue weighted by atomic mass is 9.79. The van der Waals surface area contributed by atoms with E-state index >= 15 is 0 Å². The van der Waals surface area contributed by atoms with Gasteiger partial charge in [-0.2, -0.15) is 11.8 Å². The second kappa shape index (κ2) is 6.67. The quantitative estimate of drug-likeness (QED) is 0.914. The summed E-state index contributed by atoms with van der Waals surface area (Å²) in [5, 5.41) is 3.51. The Bertz CT molecular complexity index is 476. The first-order chi connectivity index (χ1) is 10.2. The summed E-state index contributed by atoms with van der Waals surface area (Å²) in [6, 6.07) is 7.29. The maximum atomic E-state index is 14.2. The minimum Gasteiger partial charge on any atom is -0.374 e. The lowest BCUT2D eigenvalue weighted by molar-refractivity contribution is -0.0855. The normalized spacial score (nSPS) is 30.7. The van der Waals surface area contributed by atoms with Crippen LogP contribution in [0.15, 0.2) is 24.3 Å². The Morgan fingerprint density at radius 2 is 2.33 bits per heavy atom. The number of benzene rings is 1. The molecule has 2 saturated heterocycles. The monoisotopic (exact) mass is 309 g/mol. The molecular weight excluding hydrogens is 285 g/mol. The van der Waals surface area contributed by atoms with Crippen molar-refractivity contribution in [1.29, 1.82) is 0 Å². The smallest absolute Gasteiger partial charge is 0.127 e. The third kappa shape index (κ3) is 3.27. The molecule has 3 atom stereocenters. The van der Waals surface area contributed by atoms with Crippen LogP contribution in [0.2, 0.25) is 0 Å². The summed E-state index contributed by atoms with van der Waals surface area (Å²) < 4.78 is 20.3. The van der Waals surface area contributed by atoms with E-state index in [4.69, 9.17) is 4.74 Å². The van der Waals surface area contributed by atoms with Gasteiger partial charge in [0.1, 0.15) is 5.82 Å². The van der Waals surface area contributed by atoms with Gasteiger partial charge in [0.25, 0.3) is 0 Å². The molecule has 0 aliphatic carbocycles. The minimum atomic E-state index is -0.0928. The Labute approximate surface area is 130 Å². The highest BCUT2D eigenvalue weighted by molar-refractivity contribution is 7.99. The van der Waals surface area contributed by atoms with Gasteiger partial charge in [0.05, 0.1) is 5.60 Å². The van der Waals surface area contributed by atoms with Crippen molar-refractivity contribution in [2.45, 2.75) is 37.8 Å². The molecule has 2 aliphatic rings. The number of hydrogen-bond donors (Lipinski definition) is 1. The van der Waals surface area contributed by atoms with Crippen molar-refractivity contribution in [3.05, 3.63) is 35.6 Å². The van der Waals surface area contributed by atoms with Crippen molar-refractivity contribution in [2.75, 3.05) is 24.7 Å². The first kappa shape index (κ1) is 15.3. The van der Waals surface area contributed by atoms with E-state index in [1.807, 2.05) is 23.9 Å². The molecule has 0 saturated carbocycles. The third-order valence-corrected chi connectivity index (χ3v) is 5.96. The average Bonchev–Trinajstić information content (AvgIpc) is 2.93. The van der Waals surface area contributed by atoms with Crippen LogP contribution in [0.1, 0.15) is 37.8 Å². The zero-order valence-electron chi connectivity index (χ0n) is 12.6. The van der Waals surface area contributed by atoms with Crippen LogP contribution < -0.4 is 5.32 Å². The highest BCUT2D eigenvalue weighted by Gasteiger charge is 2.42. The molecule has 3 rings (SSSR count). The third-order valence-electron chi connectivity index (χ3n) is 4.73. The molecule has 0 bridgehead atoms. The van der Waals surface area contributed by atoms with E-state index in [-0.39, 0.29) is 17.5 Å². The second-order valence-corrected chi connectivity index (χ2v) is 7.25. The van der Waals surface area contributed by atoms with Gasteiger partial charge < -0.3 is 10.1 Å². The number of ether oxygens (including phenoxy) is 1. The second-order valence-electron chi connectivity index (χ2n) is 6.14. The van der Waals surface area contributed by atoms with E-state index < -0.39 is 0 Å². The van der Waals surface area contributed by atoms with Gasteiger partial charge in [-0.05, 0) is 43.5 Å². The summed E-state index contributed by atoms with van der Waals surface area (Å²) in [6.07, 6.45) is 3.20. The first-order valence-corrected chi connectivity index (χ1v) is 9.09. The molecule has 2 aliphatic heterocycles. The van der Waals surface area contributed by atoms with Crippen LogP contribution in [0, 0.1) is 11.7 Å². The fraction of sp³-hybridized carbons (Fsp3) is 0.647. The van der Waals surface area contributed by atoms with Crippen molar-refractivity contribution in [3.8, 4) is 0 Å². The standard InChI is InChI=1S/C17H24FNOS/c1-2-19-16(14-5-3-4-6-15(14)18)13-7-9-20-17(11-13)8-10-21-12-17/h3-6,13,16,19H,2,7-12H2,1H3. The molecule has 3 unspecified atom stereocenters. The van der Waals surface area contributed by atoms with Gasteiger partial charge in [-0.1, -0.05) is 25.1 Å². The fourth-order valence-electron chi connectivity index (χ4n) is 3.69. The summed E-state index contributed by atoms with van der Waals surface area (Å²) in [6.45, 7) is 3.76. The maximum absolute atomic E-state index is 14.2. The Hall–Kier alpha value is -0.580. The van der Waals surface area contributed by atoms with Crippen molar-refractivity contribution < 1.29 is 9.13 Å². The van der Waals surface area contributed by atoms with Crippen LogP contribution in [-0.4, -0.2) is 30.3 Å². The summed E-state index contributed by atoms with van der Waals surface area (Å²) in [4.78, 5) is 0. The SMILES string of the molecule is CCNC(c1ccccc1F)C1CCOC2(CCSC2)C1. The van der Waals surface area contributed by atoms with Crippen LogP contribution in [-0.2, 0) is 4.74 Å². The molecule has 1 aromatic carbocycles. The topological polar surface area (TPSA) is 21.3 Å². The van der Waals surface area contributed by atoms with Crippen LogP contribution in [0.4, 0.5) is 4.39 Å². The molecule has 2 fully saturated rings. The number of nitrogens with one attached hydrogen (secondary N) is 1. The zero-order chi connectivity index (χ0) is 14.7. The molecule has 1 aromatic rings. The Balaban J connectivity index is 1.82. The number of halogens is 1. The Morgan fingerprint density at radius 1 is 1.48 bits per heavy atom. The van der Waals surface area contributed by atoms with Gasteiger partial charge in [0, 0.05) is 24.0 Å². The summed E-state index contributed by atoms with van der Waals surface area (Å²) in [5.41, 5.74) is 0.860. The average molecular weight is 309 g/mol. The Morgan fingerprint density at radius 3 is 3.05 bits per heavy atom. The highest BCUT2D eigenvalue weighted by Crippen LogP contribution is 2.44. The summed E-state index contributed by atoms with van der Waals surface area (Å²) in [7, 11) is 0. The van der Waals surface area contributed by atoms with Crippen molar-refractivity contribution in [1.82, 2.24) is 5.32 Å². The van der Waals surface area contributed by atoms with E-state index in [0.717, 1.165) is 43.7 Å². The van der Waals surface area contributed by atoms with Gasteiger partial charge in [0.15, 0.2) is 0 Å². The lowest BCUT2D eigenvalue weighted by Crippen LogP contribution is -2.44. The van der Waals surface area contributed by atoms with E-state index in [2.05, 4.69) is 12.2 Å². The predicted molar refractivity (Wildman–Crippen MR) is 86.2 cm³/mol. The molecule has 21 heavy (non-hydrogen) atoms. The summed E-state index contributed by atoms with van der Waals surface area (Å²) in [5.74, 6) is 2.65. The molecule has 1 spiro atoms. The maximum Gasteiger partial charge on any atom is 0.127 e. The highest BCUT2D eigenvalue weighted by atomic mass is 32.2. The molecule has 2 nitrogen and oxygen atoms in total. The van der Waals surface area contributed by atoms with Crippen molar-refractivity contribution in [2.24, 2.45) is 5.92 Å². The van der Waals surface area contributed by atoms with Crippen molar-refractivity contribution in [3.63, 3.8) is 0 Å². The van der Waals surface area contributed by atoms with Crippen LogP contribution in [0.25, 0.3) is 0 Å². The number of hydrogen-bond acceptors (Lipinski definition) is 3. The molecular formula is C17H24FNOS. The number of thioether (sulfide) groups is 1. The van der Waals surface area contributed by atoms with E-state index in [1.165, 1.54) is 5.75 Å². The predicted octanol–water partition coefficient (Wildman–Crippen LogP) is 3.78. The summed E-state index contributed by atoms with van der Waals surface area (Å²) >= 11 is 1.99. The lowest BCUT2D eigenvalue weighted by Gasteiger charge is -2.41. The Kier molecular flexibility index (Phi) is 4.87. The van der Waals surface area contributed by atoms with Gasteiger partial charge in [-0.3, -0.25) is 0 Å². The van der Waals surface area contributed by atoms with Crippen LogP contribution in [0.3, 0.4) is 0 Å². The number of rotatable bonds is 4. The molecule has 0 amide bonds. The molecule has 0 radical (unpaired) electrons. The molecule has 4 heteroatoms. The fourth-order valence-corrected chi connectivity index (χ4v) is 5.07. The van der Waals surface area contributed by atoms with Crippen LogP contribution >= 0.6 is 11.8 Å². The molecule has 0 aromatic heterocycles. The van der Waals surface area contributed by atoms with E-state index in [9.17, 15) is 4.39 Å². The van der Waals surface area contributed by atoms with Gasteiger partial charge in [-0.15, -0.1) is 0 Å². The van der Waals surface area contributed by atoms with E-state index in [0.29, 0.717) is 5.92 Å². The van der Waals surface area contributed by atoms with Gasteiger partial charge in [0.2, 0.25) is 0 Å².